The smallest absolute Gasteiger partial charge is 0.243 e. The van der Waals surface area contributed by atoms with E-state index in [4.69, 9.17) is 4.84 Å². The van der Waals surface area contributed by atoms with Crippen LogP contribution in [0.5, 0.6) is 0 Å². The monoisotopic (exact) mass is 229 g/mol. The second-order valence-electron chi connectivity index (χ2n) is 5.26. The quantitative estimate of drug-likeness (QED) is 0.510. The highest BCUT2D eigenvalue weighted by Gasteiger charge is 2.12. The Morgan fingerprint density at radius 3 is 2.19 bits per heavy atom. The van der Waals surface area contributed by atoms with Gasteiger partial charge < -0.3 is 0 Å². The van der Waals surface area contributed by atoms with Crippen molar-refractivity contribution in [2.45, 2.75) is 78.2 Å². The highest BCUT2D eigenvalue weighted by atomic mass is 16.7. The normalized spacial score (nSPS) is 11.5. The highest BCUT2D eigenvalue weighted by molar-refractivity contribution is 5.74. The fourth-order valence-corrected chi connectivity index (χ4v) is 1.33. The van der Waals surface area contributed by atoms with Crippen molar-refractivity contribution in [3.05, 3.63) is 0 Å². The Morgan fingerprint density at radius 2 is 1.62 bits per heavy atom. The van der Waals surface area contributed by atoms with Crippen LogP contribution in [0.4, 0.5) is 0 Å². The maximum atomic E-state index is 11.3. The lowest BCUT2D eigenvalue weighted by Crippen LogP contribution is -2.33. The van der Waals surface area contributed by atoms with Crippen LogP contribution in [0.15, 0.2) is 0 Å². The Kier molecular flexibility index (Phi) is 8.26. The molecule has 0 spiro atoms. The molecule has 0 aliphatic carbocycles. The van der Waals surface area contributed by atoms with Crippen LogP contribution in [-0.4, -0.2) is 11.5 Å². The second kappa shape index (κ2) is 8.57. The van der Waals surface area contributed by atoms with Crippen LogP contribution in [0.3, 0.4) is 0 Å². The molecule has 0 aromatic carbocycles. The number of rotatable bonds is 8. The summed E-state index contributed by atoms with van der Waals surface area (Å²) in [6, 6.07) is 0. The molecule has 1 N–H and O–H groups in total. The first kappa shape index (κ1) is 15.4. The summed E-state index contributed by atoms with van der Waals surface area (Å²) in [5, 5.41) is 0. The molecule has 96 valence electrons. The van der Waals surface area contributed by atoms with Crippen molar-refractivity contribution < 1.29 is 9.63 Å². The molecule has 0 saturated carbocycles. The molecule has 0 radical (unpaired) electrons. The summed E-state index contributed by atoms with van der Waals surface area (Å²) in [5.41, 5.74) is 2.18. The number of hydrogen-bond acceptors (Lipinski definition) is 2. The number of amides is 1. The molecule has 0 atom stereocenters. The number of carbonyl (C=O) groups is 1. The van der Waals surface area contributed by atoms with Crippen LogP contribution in [0.2, 0.25) is 0 Å². The number of hydrogen-bond donors (Lipinski definition) is 1. The lowest BCUT2D eigenvalue weighted by atomic mass is 10.1. The van der Waals surface area contributed by atoms with Gasteiger partial charge in [-0.05, 0) is 27.2 Å². The number of hydroxylamine groups is 1. The summed E-state index contributed by atoms with van der Waals surface area (Å²) >= 11 is 0. The van der Waals surface area contributed by atoms with Crippen LogP contribution in [0, 0.1) is 0 Å². The molecule has 0 saturated heterocycles. The van der Waals surface area contributed by atoms with Crippen molar-refractivity contribution in [3.63, 3.8) is 0 Å². The summed E-state index contributed by atoms with van der Waals surface area (Å²) in [5.74, 6) is -0.00887. The third-order valence-corrected chi connectivity index (χ3v) is 2.23. The van der Waals surface area contributed by atoms with Gasteiger partial charge in [0, 0.05) is 6.42 Å². The Balaban J connectivity index is 3.31. The Morgan fingerprint density at radius 1 is 1.06 bits per heavy atom. The van der Waals surface area contributed by atoms with E-state index in [1.165, 1.54) is 25.7 Å². The van der Waals surface area contributed by atoms with Crippen LogP contribution in [0.1, 0.15) is 72.6 Å². The van der Waals surface area contributed by atoms with E-state index in [2.05, 4.69) is 12.4 Å². The molecule has 1 amide bonds. The minimum Gasteiger partial charge on any atom is -0.273 e. The summed E-state index contributed by atoms with van der Waals surface area (Å²) in [6.45, 7) is 7.95. The van der Waals surface area contributed by atoms with Crippen LogP contribution < -0.4 is 5.48 Å². The van der Waals surface area contributed by atoms with Crippen molar-refractivity contribution in [1.29, 1.82) is 0 Å². The minimum absolute atomic E-state index is 0.00887. The van der Waals surface area contributed by atoms with Gasteiger partial charge in [0.15, 0.2) is 0 Å². The first-order chi connectivity index (χ1) is 7.45. The zero-order valence-corrected chi connectivity index (χ0v) is 11.3. The topological polar surface area (TPSA) is 38.3 Å². The summed E-state index contributed by atoms with van der Waals surface area (Å²) in [4.78, 5) is 16.5. The summed E-state index contributed by atoms with van der Waals surface area (Å²) < 4.78 is 0. The first-order valence-corrected chi connectivity index (χ1v) is 6.42. The Hall–Kier alpha value is -0.570. The SMILES string of the molecule is CCCCCCCCC(=O)NOC(C)(C)C. The second-order valence-corrected chi connectivity index (χ2v) is 5.26. The van der Waals surface area contributed by atoms with E-state index < -0.39 is 0 Å². The molecule has 0 aliphatic heterocycles. The molecule has 3 nitrogen and oxygen atoms in total. The van der Waals surface area contributed by atoms with Gasteiger partial charge in [-0.3, -0.25) is 9.63 Å². The molecule has 0 aromatic heterocycles. The minimum atomic E-state index is -0.309. The molecule has 0 rings (SSSR count). The fraction of sp³-hybridized carbons (Fsp3) is 0.923. The third kappa shape index (κ3) is 11.5. The highest BCUT2D eigenvalue weighted by Crippen LogP contribution is 2.07. The largest absolute Gasteiger partial charge is 0.273 e. The molecule has 0 aromatic rings. The van der Waals surface area contributed by atoms with Gasteiger partial charge >= 0.3 is 0 Å². The van der Waals surface area contributed by atoms with Gasteiger partial charge in [-0.15, -0.1) is 0 Å². The zero-order chi connectivity index (χ0) is 12.4. The zero-order valence-electron chi connectivity index (χ0n) is 11.3. The van der Waals surface area contributed by atoms with Crippen molar-refractivity contribution in [2.24, 2.45) is 0 Å². The van der Waals surface area contributed by atoms with Gasteiger partial charge in [0.25, 0.3) is 0 Å². The maximum absolute atomic E-state index is 11.3. The van der Waals surface area contributed by atoms with E-state index in [0.29, 0.717) is 6.42 Å². The average molecular weight is 229 g/mol. The van der Waals surface area contributed by atoms with Crippen molar-refractivity contribution in [3.8, 4) is 0 Å². The lowest BCUT2D eigenvalue weighted by Gasteiger charge is -2.18. The lowest BCUT2D eigenvalue weighted by molar-refractivity contribution is -0.145. The summed E-state index contributed by atoms with van der Waals surface area (Å²) in [7, 11) is 0. The Bertz CT molecular complexity index is 185. The van der Waals surface area contributed by atoms with Gasteiger partial charge in [-0.25, -0.2) is 5.48 Å². The molecule has 0 bridgehead atoms. The molecule has 0 aliphatic rings. The van der Waals surface area contributed by atoms with E-state index in [0.717, 1.165) is 12.8 Å². The van der Waals surface area contributed by atoms with E-state index in [1.54, 1.807) is 0 Å². The van der Waals surface area contributed by atoms with E-state index in [-0.39, 0.29) is 11.5 Å². The molecule has 0 unspecified atom stereocenters. The standard InChI is InChI=1S/C13H27NO2/c1-5-6-7-8-9-10-11-12(15)14-16-13(2,3)4/h5-11H2,1-4H3,(H,14,15). The maximum Gasteiger partial charge on any atom is 0.243 e. The van der Waals surface area contributed by atoms with Crippen molar-refractivity contribution >= 4 is 5.91 Å². The molecule has 0 heterocycles. The molecule has 0 fully saturated rings. The van der Waals surface area contributed by atoms with Crippen LogP contribution >= 0.6 is 0 Å². The molecule has 3 heteroatoms. The van der Waals surface area contributed by atoms with Crippen LogP contribution in [-0.2, 0) is 9.63 Å². The Labute approximate surface area is 99.9 Å². The van der Waals surface area contributed by atoms with Gasteiger partial charge in [-0.2, -0.15) is 0 Å². The van der Waals surface area contributed by atoms with E-state index >= 15 is 0 Å². The molecular weight excluding hydrogens is 202 g/mol. The van der Waals surface area contributed by atoms with E-state index in [9.17, 15) is 4.79 Å². The fourth-order valence-electron chi connectivity index (χ4n) is 1.33. The predicted octanol–water partition coefficient (Wildman–Crippen LogP) is 3.58. The summed E-state index contributed by atoms with van der Waals surface area (Å²) in [6.07, 6.45) is 7.77. The number of nitrogens with one attached hydrogen (secondary N) is 1. The average Bonchev–Trinajstić information content (AvgIpc) is 2.19. The number of carbonyl (C=O) groups excluding carboxylic acids is 1. The van der Waals surface area contributed by atoms with Gasteiger partial charge in [0.2, 0.25) is 5.91 Å². The van der Waals surface area contributed by atoms with Crippen molar-refractivity contribution in [2.75, 3.05) is 0 Å². The number of unbranched alkanes of at least 4 members (excludes halogenated alkanes) is 5. The van der Waals surface area contributed by atoms with E-state index in [1.807, 2.05) is 20.8 Å². The van der Waals surface area contributed by atoms with Crippen molar-refractivity contribution in [1.82, 2.24) is 5.48 Å². The first-order valence-electron chi connectivity index (χ1n) is 6.42. The van der Waals surface area contributed by atoms with Gasteiger partial charge in [-0.1, -0.05) is 39.0 Å². The van der Waals surface area contributed by atoms with Gasteiger partial charge in [0.1, 0.15) is 0 Å². The predicted molar refractivity (Wildman–Crippen MR) is 67.0 cm³/mol. The van der Waals surface area contributed by atoms with Gasteiger partial charge in [0.05, 0.1) is 5.60 Å². The molecule has 16 heavy (non-hydrogen) atoms. The third-order valence-electron chi connectivity index (χ3n) is 2.23. The van der Waals surface area contributed by atoms with Crippen LogP contribution in [0.25, 0.3) is 0 Å². The molecular formula is C13H27NO2.